The maximum Gasteiger partial charge on any atom is 0.0639 e. The van der Waals surface area contributed by atoms with Crippen molar-refractivity contribution in [3.63, 3.8) is 0 Å². The number of nitrogens with two attached hydrogens (primary N) is 1. The van der Waals surface area contributed by atoms with Gasteiger partial charge in [0.1, 0.15) is 0 Å². The molecule has 0 aliphatic rings. The van der Waals surface area contributed by atoms with Crippen LogP contribution in [0.5, 0.6) is 0 Å². The van der Waals surface area contributed by atoms with Crippen LogP contribution in [0, 0.1) is 11.8 Å². The summed E-state index contributed by atoms with van der Waals surface area (Å²) in [5, 5.41) is 1.37. The van der Waals surface area contributed by atoms with Crippen LogP contribution in [-0.2, 0) is 0 Å². The molecule has 0 bridgehead atoms. The van der Waals surface area contributed by atoms with Crippen LogP contribution >= 0.6 is 34.8 Å². The molecule has 0 saturated carbocycles. The van der Waals surface area contributed by atoms with Gasteiger partial charge in [0.05, 0.1) is 21.7 Å². The summed E-state index contributed by atoms with van der Waals surface area (Å²) in [6.45, 7) is 1.78. The van der Waals surface area contributed by atoms with Crippen LogP contribution in [0.1, 0.15) is 12.5 Å². The summed E-state index contributed by atoms with van der Waals surface area (Å²) in [5.41, 5.74) is 6.05. The third-order valence-corrected chi connectivity index (χ3v) is 2.25. The lowest BCUT2D eigenvalue weighted by Crippen LogP contribution is -2.10. The lowest BCUT2D eigenvalue weighted by molar-refractivity contribution is 0.959. The van der Waals surface area contributed by atoms with Gasteiger partial charge in [0.15, 0.2) is 0 Å². The normalized spacial score (nSPS) is 11.8. The van der Waals surface area contributed by atoms with Crippen molar-refractivity contribution in [1.29, 1.82) is 0 Å². The van der Waals surface area contributed by atoms with E-state index < -0.39 is 0 Å². The molecule has 0 fully saturated rings. The molecule has 4 heteroatoms. The van der Waals surface area contributed by atoms with Gasteiger partial charge in [0.25, 0.3) is 0 Å². The maximum atomic E-state index is 5.91. The van der Waals surface area contributed by atoms with Gasteiger partial charge in [-0.05, 0) is 19.1 Å². The molecule has 0 aliphatic heterocycles. The van der Waals surface area contributed by atoms with E-state index in [1.165, 1.54) is 0 Å². The van der Waals surface area contributed by atoms with Crippen molar-refractivity contribution < 1.29 is 0 Å². The van der Waals surface area contributed by atoms with Crippen molar-refractivity contribution in [2.24, 2.45) is 5.73 Å². The molecule has 1 nitrogen and oxygen atoms in total. The Morgan fingerprint density at radius 3 is 2.14 bits per heavy atom. The number of hydrogen-bond acceptors (Lipinski definition) is 1. The van der Waals surface area contributed by atoms with Crippen molar-refractivity contribution in [3.05, 3.63) is 32.8 Å². The molecular formula is C10H8Cl3N. The second-order valence-electron chi connectivity index (χ2n) is 2.80. The molecule has 2 N–H and O–H groups in total. The van der Waals surface area contributed by atoms with E-state index in [2.05, 4.69) is 11.8 Å². The molecule has 14 heavy (non-hydrogen) atoms. The van der Waals surface area contributed by atoms with E-state index in [-0.39, 0.29) is 6.04 Å². The minimum absolute atomic E-state index is 0.210. The number of hydrogen-bond donors (Lipinski definition) is 1. The zero-order chi connectivity index (χ0) is 10.7. The highest BCUT2D eigenvalue weighted by molar-refractivity contribution is 6.39. The van der Waals surface area contributed by atoms with Gasteiger partial charge in [-0.15, -0.1) is 0 Å². The van der Waals surface area contributed by atoms with Gasteiger partial charge in [-0.2, -0.15) is 0 Å². The molecule has 0 aromatic heterocycles. The summed E-state index contributed by atoms with van der Waals surface area (Å²) in [4.78, 5) is 0. The first-order chi connectivity index (χ1) is 6.50. The lowest BCUT2D eigenvalue weighted by Gasteiger charge is -2.00. The quantitative estimate of drug-likeness (QED) is 0.700. The van der Waals surface area contributed by atoms with Crippen molar-refractivity contribution in [3.8, 4) is 11.8 Å². The first-order valence-corrected chi connectivity index (χ1v) is 5.05. The SMILES string of the molecule is CC(N)C#Cc1c(Cl)cc(Cl)cc1Cl. The van der Waals surface area contributed by atoms with Crippen LogP contribution in [0.3, 0.4) is 0 Å². The van der Waals surface area contributed by atoms with Crippen LogP contribution in [0.25, 0.3) is 0 Å². The van der Waals surface area contributed by atoms with E-state index in [0.29, 0.717) is 20.6 Å². The molecule has 1 aromatic carbocycles. The van der Waals surface area contributed by atoms with Crippen LogP contribution < -0.4 is 5.73 Å². The Labute approximate surface area is 98.1 Å². The van der Waals surface area contributed by atoms with Gasteiger partial charge in [-0.1, -0.05) is 46.6 Å². The van der Waals surface area contributed by atoms with Gasteiger partial charge in [0, 0.05) is 5.02 Å². The molecule has 0 radical (unpaired) electrons. The Balaban J connectivity index is 3.17. The zero-order valence-electron chi connectivity index (χ0n) is 7.44. The molecule has 1 unspecified atom stereocenters. The summed E-state index contributed by atoms with van der Waals surface area (Å²) < 4.78 is 0. The Kier molecular flexibility index (Phi) is 4.10. The Bertz CT molecular complexity index is 379. The first-order valence-electron chi connectivity index (χ1n) is 3.92. The van der Waals surface area contributed by atoms with E-state index >= 15 is 0 Å². The first kappa shape index (κ1) is 11.7. The second-order valence-corrected chi connectivity index (χ2v) is 4.05. The third kappa shape index (κ3) is 3.08. The van der Waals surface area contributed by atoms with Crippen molar-refractivity contribution >= 4 is 34.8 Å². The molecule has 0 heterocycles. The molecule has 0 saturated heterocycles. The number of rotatable bonds is 0. The molecule has 0 aliphatic carbocycles. The van der Waals surface area contributed by atoms with E-state index in [9.17, 15) is 0 Å². The zero-order valence-corrected chi connectivity index (χ0v) is 9.71. The lowest BCUT2D eigenvalue weighted by atomic mass is 10.2. The summed E-state index contributed by atoms with van der Waals surface area (Å²) >= 11 is 17.6. The van der Waals surface area contributed by atoms with Gasteiger partial charge in [0.2, 0.25) is 0 Å². The van der Waals surface area contributed by atoms with E-state index in [1.807, 2.05) is 0 Å². The van der Waals surface area contributed by atoms with Gasteiger partial charge >= 0.3 is 0 Å². The fraction of sp³-hybridized carbons (Fsp3) is 0.200. The predicted molar refractivity (Wildman–Crippen MR) is 62.0 cm³/mol. The molecule has 0 spiro atoms. The summed E-state index contributed by atoms with van der Waals surface area (Å²) in [6, 6.07) is 2.98. The van der Waals surface area contributed by atoms with E-state index in [4.69, 9.17) is 40.5 Å². The van der Waals surface area contributed by atoms with Crippen molar-refractivity contribution in [2.75, 3.05) is 0 Å². The largest absolute Gasteiger partial charge is 0.318 e. The molecular weight excluding hydrogens is 240 g/mol. The topological polar surface area (TPSA) is 26.0 Å². The van der Waals surface area contributed by atoms with Crippen molar-refractivity contribution in [1.82, 2.24) is 0 Å². The average Bonchev–Trinajstić information content (AvgIpc) is 2.01. The highest BCUT2D eigenvalue weighted by atomic mass is 35.5. The Hall–Kier alpha value is -0.390. The standard InChI is InChI=1S/C10H8Cl3N/c1-6(14)2-3-8-9(12)4-7(11)5-10(8)13/h4-6H,14H2,1H3. The van der Waals surface area contributed by atoms with Crippen LogP contribution in [0.2, 0.25) is 15.1 Å². The summed E-state index contributed by atoms with van der Waals surface area (Å²) in [5.74, 6) is 5.59. The molecule has 74 valence electrons. The minimum Gasteiger partial charge on any atom is -0.318 e. The predicted octanol–water partition coefficient (Wildman–Crippen LogP) is 3.35. The monoisotopic (exact) mass is 247 g/mol. The highest BCUT2D eigenvalue weighted by Crippen LogP contribution is 2.27. The van der Waals surface area contributed by atoms with Crippen LogP contribution in [-0.4, -0.2) is 6.04 Å². The summed E-state index contributed by atoms with van der Waals surface area (Å²) in [7, 11) is 0. The van der Waals surface area contributed by atoms with Crippen molar-refractivity contribution in [2.45, 2.75) is 13.0 Å². The fourth-order valence-electron chi connectivity index (χ4n) is 0.848. The Morgan fingerprint density at radius 2 is 1.71 bits per heavy atom. The van der Waals surface area contributed by atoms with Crippen LogP contribution in [0.15, 0.2) is 12.1 Å². The van der Waals surface area contributed by atoms with Gasteiger partial charge in [-0.3, -0.25) is 0 Å². The fourth-order valence-corrected chi connectivity index (χ4v) is 1.76. The van der Waals surface area contributed by atoms with E-state index in [1.54, 1.807) is 19.1 Å². The molecule has 1 aromatic rings. The molecule has 1 atom stereocenters. The summed E-state index contributed by atoms with van der Waals surface area (Å²) in [6.07, 6.45) is 0. The highest BCUT2D eigenvalue weighted by Gasteiger charge is 2.04. The molecule has 0 amide bonds. The van der Waals surface area contributed by atoms with Gasteiger partial charge in [-0.25, -0.2) is 0 Å². The smallest absolute Gasteiger partial charge is 0.0639 e. The minimum atomic E-state index is -0.210. The second kappa shape index (κ2) is 4.91. The van der Waals surface area contributed by atoms with Crippen LogP contribution in [0.4, 0.5) is 0 Å². The van der Waals surface area contributed by atoms with E-state index in [0.717, 1.165) is 0 Å². The Morgan fingerprint density at radius 1 is 1.21 bits per heavy atom. The number of benzene rings is 1. The maximum absolute atomic E-state index is 5.91. The third-order valence-electron chi connectivity index (χ3n) is 1.43. The number of halogens is 3. The average molecular weight is 249 g/mol. The van der Waals surface area contributed by atoms with Gasteiger partial charge < -0.3 is 5.73 Å². The molecule has 1 rings (SSSR count).